The second-order valence-corrected chi connectivity index (χ2v) is 12.3. The molecule has 5 aromatic carbocycles. The Kier molecular flexibility index (Phi) is 7.71. The molecule has 0 bridgehead atoms. The van der Waals surface area contributed by atoms with Crippen LogP contribution in [-0.4, -0.2) is 19.8 Å². The van der Waals surface area contributed by atoms with E-state index >= 15 is 0 Å². The maximum Gasteiger partial charge on any atom is 0.269 e. The van der Waals surface area contributed by atoms with E-state index in [2.05, 4.69) is 6.07 Å². The molecule has 0 N–H and O–H groups in total. The van der Waals surface area contributed by atoms with Crippen molar-refractivity contribution in [1.82, 2.24) is 9.97 Å². The Balaban J connectivity index is 1.32. The average Bonchev–Trinajstić information content (AvgIpc) is 3.76. The predicted molar refractivity (Wildman–Crippen MR) is 184 cm³/mol. The molecule has 7 rings (SSSR count). The van der Waals surface area contributed by atoms with Crippen LogP contribution < -0.4 is 0 Å². The van der Waals surface area contributed by atoms with Crippen LogP contribution in [0.5, 0.6) is 0 Å². The molecule has 46 heavy (non-hydrogen) atoms. The molecule has 0 radical (unpaired) electrons. The molecule has 2 aromatic heterocycles. The third kappa shape index (κ3) is 5.70. The van der Waals surface area contributed by atoms with Gasteiger partial charge in [0.2, 0.25) is 0 Å². The van der Waals surface area contributed by atoms with Gasteiger partial charge in [0.05, 0.1) is 31.0 Å². The molecule has 2 heterocycles. The predicted octanol–water partition coefficient (Wildman–Crippen LogP) is 10.4. The summed E-state index contributed by atoms with van der Waals surface area (Å²) in [7, 11) is 0. The van der Waals surface area contributed by atoms with Crippen molar-refractivity contribution in [2.75, 3.05) is 0 Å². The minimum absolute atomic E-state index is 0.0360. The molecule has 222 valence electrons. The van der Waals surface area contributed by atoms with Gasteiger partial charge in [0.15, 0.2) is 0 Å². The number of nitro groups is 2. The van der Waals surface area contributed by atoms with Crippen molar-refractivity contribution < 1.29 is 9.85 Å². The van der Waals surface area contributed by atoms with E-state index in [1.807, 2.05) is 78.9 Å². The summed E-state index contributed by atoms with van der Waals surface area (Å²) in [4.78, 5) is 33.7. The van der Waals surface area contributed by atoms with Crippen molar-refractivity contribution in [1.29, 1.82) is 0 Å². The Morgan fingerprint density at radius 3 is 1.17 bits per heavy atom. The standard InChI is InChI=1S/C36H22N4O4S2/c41-39(42)29-18-14-25(15-19-29)33-31(23-8-3-1-4-9-23)37-35(45-33)27-12-7-13-28(22-27)36-38-32(24-10-5-2-6-11-24)34(46-36)26-16-20-30(21-17-26)40(43)44/h1-22H. The van der Waals surface area contributed by atoms with Crippen LogP contribution in [0.2, 0.25) is 0 Å². The second-order valence-electron chi connectivity index (χ2n) is 10.3. The minimum atomic E-state index is -0.402. The Morgan fingerprint density at radius 1 is 0.435 bits per heavy atom. The number of benzene rings is 5. The van der Waals surface area contributed by atoms with E-state index in [-0.39, 0.29) is 11.4 Å². The lowest BCUT2D eigenvalue weighted by Gasteiger charge is -2.02. The van der Waals surface area contributed by atoms with Gasteiger partial charge < -0.3 is 0 Å². The van der Waals surface area contributed by atoms with Crippen LogP contribution in [0.1, 0.15) is 0 Å². The number of hydrogen-bond donors (Lipinski definition) is 0. The summed E-state index contributed by atoms with van der Waals surface area (Å²) < 4.78 is 0. The first kappa shape index (κ1) is 28.9. The van der Waals surface area contributed by atoms with E-state index < -0.39 is 9.85 Å². The number of thiazole rings is 2. The monoisotopic (exact) mass is 638 g/mol. The molecule has 0 saturated carbocycles. The van der Waals surface area contributed by atoms with Gasteiger partial charge in [0, 0.05) is 46.5 Å². The van der Waals surface area contributed by atoms with Crippen LogP contribution in [0.4, 0.5) is 11.4 Å². The first-order valence-corrected chi connectivity index (χ1v) is 15.8. The first-order chi connectivity index (χ1) is 22.4. The molecule has 0 saturated heterocycles. The Bertz CT molecular complexity index is 2040. The second kappa shape index (κ2) is 12.3. The van der Waals surface area contributed by atoms with Gasteiger partial charge in [-0.15, -0.1) is 22.7 Å². The number of aromatic nitrogens is 2. The molecule has 0 aliphatic rings. The van der Waals surface area contributed by atoms with Crippen molar-refractivity contribution in [3.63, 3.8) is 0 Å². The SMILES string of the molecule is O=[N+]([O-])c1ccc(-c2sc(-c3cccc(-c4nc(-c5ccccc5)c(-c5ccc([N+](=O)[O-])cc5)s4)c3)nc2-c2ccccc2)cc1. The summed E-state index contributed by atoms with van der Waals surface area (Å²) in [6, 6.07) is 41.0. The lowest BCUT2D eigenvalue weighted by molar-refractivity contribution is -0.385. The highest BCUT2D eigenvalue weighted by molar-refractivity contribution is 7.19. The van der Waals surface area contributed by atoms with E-state index in [0.29, 0.717) is 0 Å². The van der Waals surface area contributed by atoms with E-state index in [1.54, 1.807) is 24.3 Å². The average molecular weight is 639 g/mol. The van der Waals surface area contributed by atoms with E-state index in [1.165, 1.54) is 46.9 Å². The van der Waals surface area contributed by atoms with Crippen molar-refractivity contribution in [3.8, 4) is 64.5 Å². The molecule has 0 aliphatic carbocycles. The van der Waals surface area contributed by atoms with Crippen LogP contribution in [0.15, 0.2) is 133 Å². The highest BCUT2D eigenvalue weighted by atomic mass is 32.1. The highest BCUT2D eigenvalue weighted by Crippen LogP contribution is 2.44. The topological polar surface area (TPSA) is 112 Å². The first-order valence-electron chi connectivity index (χ1n) is 14.2. The molecule has 7 aromatic rings. The fourth-order valence-electron chi connectivity index (χ4n) is 5.12. The van der Waals surface area contributed by atoms with Crippen LogP contribution >= 0.6 is 22.7 Å². The van der Waals surface area contributed by atoms with Gasteiger partial charge in [0.1, 0.15) is 10.0 Å². The van der Waals surface area contributed by atoms with Crippen molar-refractivity contribution in [3.05, 3.63) is 154 Å². The summed E-state index contributed by atoms with van der Waals surface area (Å²) in [5, 5.41) is 24.1. The highest BCUT2D eigenvalue weighted by Gasteiger charge is 2.20. The molecule has 0 amide bonds. The lowest BCUT2D eigenvalue weighted by atomic mass is 10.1. The summed E-state index contributed by atoms with van der Waals surface area (Å²) in [6.45, 7) is 0. The third-order valence-electron chi connectivity index (χ3n) is 7.39. The van der Waals surface area contributed by atoms with Crippen molar-refractivity contribution in [2.45, 2.75) is 0 Å². The minimum Gasteiger partial charge on any atom is -0.258 e. The van der Waals surface area contributed by atoms with Crippen molar-refractivity contribution >= 4 is 34.0 Å². The number of non-ortho nitro benzene ring substituents is 2. The van der Waals surface area contributed by atoms with Gasteiger partial charge in [0.25, 0.3) is 11.4 Å². The number of nitro benzene ring substituents is 2. The maximum absolute atomic E-state index is 11.3. The van der Waals surface area contributed by atoms with E-state index in [4.69, 9.17) is 9.97 Å². The molecule has 0 spiro atoms. The number of rotatable bonds is 8. The molecule has 0 aliphatic heterocycles. The van der Waals surface area contributed by atoms with Crippen LogP contribution in [-0.2, 0) is 0 Å². The Morgan fingerprint density at radius 2 is 0.804 bits per heavy atom. The van der Waals surface area contributed by atoms with Gasteiger partial charge in [-0.3, -0.25) is 20.2 Å². The largest absolute Gasteiger partial charge is 0.269 e. The summed E-state index contributed by atoms with van der Waals surface area (Å²) in [5.41, 5.74) is 7.13. The molecule has 10 heteroatoms. The fourth-order valence-corrected chi connectivity index (χ4v) is 7.29. The van der Waals surface area contributed by atoms with Gasteiger partial charge >= 0.3 is 0 Å². The smallest absolute Gasteiger partial charge is 0.258 e. The van der Waals surface area contributed by atoms with Crippen LogP contribution in [0.3, 0.4) is 0 Å². The van der Waals surface area contributed by atoms with Gasteiger partial charge in [-0.05, 0) is 41.5 Å². The van der Waals surface area contributed by atoms with Gasteiger partial charge in [-0.25, -0.2) is 9.97 Å². The van der Waals surface area contributed by atoms with E-state index in [0.717, 1.165) is 64.5 Å². The number of nitrogens with zero attached hydrogens (tertiary/aromatic N) is 4. The maximum atomic E-state index is 11.3. The molecular formula is C36H22N4O4S2. The zero-order chi connectivity index (χ0) is 31.6. The number of hydrogen-bond acceptors (Lipinski definition) is 8. The molecular weight excluding hydrogens is 617 g/mol. The molecule has 0 fully saturated rings. The molecule has 0 unspecified atom stereocenters. The third-order valence-corrected chi connectivity index (χ3v) is 9.69. The van der Waals surface area contributed by atoms with Crippen LogP contribution in [0.25, 0.3) is 64.5 Å². The summed E-state index contributed by atoms with van der Waals surface area (Å²) in [6.07, 6.45) is 0. The van der Waals surface area contributed by atoms with Gasteiger partial charge in [-0.2, -0.15) is 0 Å². The Hall–Kier alpha value is -5.84. The quantitative estimate of drug-likeness (QED) is 0.121. The Labute approximate surface area is 271 Å². The zero-order valence-corrected chi connectivity index (χ0v) is 25.6. The van der Waals surface area contributed by atoms with E-state index in [9.17, 15) is 20.2 Å². The van der Waals surface area contributed by atoms with Gasteiger partial charge in [-0.1, -0.05) is 78.9 Å². The summed E-state index contributed by atoms with van der Waals surface area (Å²) >= 11 is 3.06. The molecule has 8 nitrogen and oxygen atoms in total. The van der Waals surface area contributed by atoms with Crippen molar-refractivity contribution in [2.24, 2.45) is 0 Å². The lowest BCUT2D eigenvalue weighted by Crippen LogP contribution is -1.87. The summed E-state index contributed by atoms with van der Waals surface area (Å²) in [5.74, 6) is 0. The zero-order valence-electron chi connectivity index (χ0n) is 23.9. The van der Waals surface area contributed by atoms with Crippen LogP contribution in [0, 0.1) is 20.2 Å². The fraction of sp³-hybridized carbons (Fsp3) is 0. The normalized spacial score (nSPS) is 11.0. The molecule has 0 atom stereocenters.